The molecule has 1 aromatic rings. The minimum absolute atomic E-state index is 0.114. The summed E-state index contributed by atoms with van der Waals surface area (Å²) in [5.41, 5.74) is 1.77. The summed E-state index contributed by atoms with van der Waals surface area (Å²) in [5.74, 6) is -0.853. The van der Waals surface area contributed by atoms with Crippen LogP contribution >= 0.6 is 0 Å². The fourth-order valence-electron chi connectivity index (χ4n) is 4.93. The number of benzene rings is 1. The van der Waals surface area contributed by atoms with Gasteiger partial charge in [0, 0.05) is 12.6 Å². The Morgan fingerprint density at radius 1 is 1.17 bits per heavy atom. The van der Waals surface area contributed by atoms with Crippen molar-refractivity contribution in [2.24, 2.45) is 5.41 Å². The fourth-order valence-corrected chi connectivity index (χ4v) is 4.93. The lowest BCUT2D eigenvalue weighted by Crippen LogP contribution is -2.59. The van der Waals surface area contributed by atoms with E-state index in [9.17, 15) is 19.2 Å². The van der Waals surface area contributed by atoms with Crippen molar-refractivity contribution in [2.75, 3.05) is 13.6 Å². The van der Waals surface area contributed by atoms with Gasteiger partial charge in [-0.2, -0.15) is 0 Å². The Kier molecular flexibility index (Phi) is 8.53. The number of fused-ring (bicyclic) bond motifs is 1. The molecule has 4 N–H and O–H groups in total. The monoisotopic (exact) mass is 485 g/mol. The van der Waals surface area contributed by atoms with Crippen LogP contribution in [-0.4, -0.2) is 66.8 Å². The predicted octanol–water partition coefficient (Wildman–Crippen LogP) is 1.03. The number of likely N-dealkylation sites (tertiary alicyclic amines) is 1. The van der Waals surface area contributed by atoms with Crippen LogP contribution in [0.3, 0.4) is 0 Å². The Labute approximate surface area is 207 Å². The third kappa shape index (κ3) is 6.20. The quantitative estimate of drug-likeness (QED) is 0.410. The van der Waals surface area contributed by atoms with E-state index in [4.69, 9.17) is 0 Å². The van der Waals surface area contributed by atoms with Gasteiger partial charge in [0.2, 0.25) is 24.1 Å². The first-order valence-corrected chi connectivity index (χ1v) is 12.4. The summed E-state index contributed by atoms with van der Waals surface area (Å²) in [7, 11) is 1.68. The molecule has 192 valence electrons. The SMILES string of the molecule is CN[C@@H](C)C(=O)N[C@H](C(=O)N1C[C@@H](NC=O)C[C@H]1C(=O)N[C@@H]1CCCc2ccccc21)C(C)(C)C. The first-order valence-electron chi connectivity index (χ1n) is 12.4. The summed E-state index contributed by atoms with van der Waals surface area (Å²) in [5, 5.41) is 11.6. The van der Waals surface area contributed by atoms with Gasteiger partial charge in [0.25, 0.3) is 0 Å². The van der Waals surface area contributed by atoms with Crippen molar-refractivity contribution in [1.29, 1.82) is 0 Å². The highest BCUT2D eigenvalue weighted by molar-refractivity contribution is 5.94. The number of carbonyl (C=O) groups is 4. The van der Waals surface area contributed by atoms with E-state index in [-0.39, 0.29) is 36.3 Å². The molecule has 2 aliphatic rings. The Morgan fingerprint density at radius 2 is 1.89 bits per heavy atom. The second-order valence-electron chi connectivity index (χ2n) is 10.7. The van der Waals surface area contributed by atoms with E-state index in [1.165, 1.54) is 10.5 Å². The van der Waals surface area contributed by atoms with Crippen LogP contribution in [-0.2, 0) is 25.6 Å². The molecule has 0 bridgehead atoms. The number of likely N-dealkylation sites (N-methyl/N-ethyl adjacent to an activating group) is 1. The Balaban J connectivity index is 1.83. The van der Waals surface area contributed by atoms with Crippen LogP contribution in [0.15, 0.2) is 24.3 Å². The van der Waals surface area contributed by atoms with Gasteiger partial charge in [-0.25, -0.2) is 0 Å². The molecular formula is C26H39N5O4. The molecule has 0 aromatic heterocycles. The average Bonchev–Trinajstić information content (AvgIpc) is 3.25. The summed E-state index contributed by atoms with van der Waals surface area (Å²) >= 11 is 0. The molecule has 3 rings (SSSR count). The summed E-state index contributed by atoms with van der Waals surface area (Å²) in [6.45, 7) is 7.57. The molecular weight excluding hydrogens is 446 g/mol. The highest BCUT2D eigenvalue weighted by atomic mass is 16.2. The molecule has 9 heteroatoms. The standard InChI is InChI=1S/C26H39N5O4/c1-16(27-5)23(33)30-22(26(2,3)4)25(35)31-14-18(28-15-32)13-21(31)24(34)29-20-12-8-10-17-9-6-7-11-19(17)20/h6-7,9,11,15-16,18,20-22,27H,8,10,12-14H2,1-5H3,(H,28,32)(H,29,34)(H,30,33)/t16-,18-,20+,21-,22+/m0/s1. The molecule has 1 fully saturated rings. The molecule has 0 unspecified atom stereocenters. The van der Waals surface area contributed by atoms with Gasteiger partial charge in [0.05, 0.1) is 12.1 Å². The van der Waals surface area contributed by atoms with E-state index in [1.807, 2.05) is 39.0 Å². The van der Waals surface area contributed by atoms with Gasteiger partial charge in [-0.3, -0.25) is 19.2 Å². The van der Waals surface area contributed by atoms with Crippen molar-refractivity contribution >= 4 is 24.1 Å². The van der Waals surface area contributed by atoms with Crippen LogP contribution in [0.25, 0.3) is 0 Å². The Bertz CT molecular complexity index is 944. The van der Waals surface area contributed by atoms with Gasteiger partial charge in [0.1, 0.15) is 12.1 Å². The maximum Gasteiger partial charge on any atom is 0.246 e. The third-order valence-electron chi connectivity index (χ3n) is 7.10. The van der Waals surface area contributed by atoms with E-state index >= 15 is 0 Å². The summed E-state index contributed by atoms with van der Waals surface area (Å²) < 4.78 is 0. The number of nitrogens with zero attached hydrogens (tertiary/aromatic N) is 1. The molecule has 4 amide bonds. The van der Waals surface area contributed by atoms with Gasteiger partial charge >= 0.3 is 0 Å². The maximum absolute atomic E-state index is 13.8. The molecule has 1 saturated heterocycles. The molecule has 0 saturated carbocycles. The molecule has 0 spiro atoms. The fraction of sp³-hybridized carbons (Fsp3) is 0.615. The van der Waals surface area contributed by atoms with Crippen LogP contribution in [0.5, 0.6) is 0 Å². The van der Waals surface area contributed by atoms with Gasteiger partial charge in [-0.15, -0.1) is 0 Å². The zero-order chi connectivity index (χ0) is 25.8. The number of aryl methyl sites for hydroxylation is 1. The first kappa shape index (κ1) is 26.7. The van der Waals surface area contributed by atoms with Crippen LogP contribution in [0.4, 0.5) is 0 Å². The zero-order valence-electron chi connectivity index (χ0n) is 21.4. The van der Waals surface area contributed by atoms with E-state index in [2.05, 4.69) is 27.3 Å². The number of carbonyl (C=O) groups excluding carboxylic acids is 4. The number of nitrogens with one attached hydrogen (secondary N) is 4. The third-order valence-corrected chi connectivity index (χ3v) is 7.10. The van der Waals surface area contributed by atoms with E-state index in [1.54, 1.807) is 14.0 Å². The van der Waals surface area contributed by atoms with E-state index in [0.29, 0.717) is 12.8 Å². The molecule has 9 nitrogen and oxygen atoms in total. The zero-order valence-corrected chi connectivity index (χ0v) is 21.4. The topological polar surface area (TPSA) is 120 Å². The number of amides is 4. The normalized spacial score (nSPS) is 23.6. The first-order chi connectivity index (χ1) is 16.6. The van der Waals surface area contributed by atoms with Crippen molar-refractivity contribution in [2.45, 2.75) is 83.6 Å². The summed E-state index contributed by atoms with van der Waals surface area (Å²) in [6, 6.07) is 5.63. The molecule has 1 aliphatic carbocycles. The lowest BCUT2D eigenvalue weighted by atomic mass is 9.85. The largest absolute Gasteiger partial charge is 0.354 e. The van der Waals surface area contributed by atoms with Crippen molar-refractivity contribution in [3.8, 4) is 0 Å². The average molecular weight is 486 g/mol. The van der Waals surface area contributed by atoms with E-state index < -0.39 is 23.5 Å². The summed E-state index contributed by atoms with van der Waals surface area (Å²) in [6.07, 6.45) is 3.72. The molecule has 1 aromatic carbocycles. The minimum atomic E-state index is -0.827. The lowest BCUT2D eigenvalue weighted by Gasteiger charge is -2.36. The molecule has 1 aliphatic heterocycles. The molecule has 1 heterocycles. The molecule has 35 heavy (non-hydrogen) atoms. The minimum Gasteiger partial charge on any atom is -0.354 e. The second-order valence-corrected chi connectivity index (χ2v) is 10.7. The highest BCUT2D eigenvalue weighted by Crippen LogP contribution is 2.31. The number of rotatable bonds is 8. The Hall–Kier alpha value is -2.94. The van der Waals surface area contributed by atoms with Crippen LogP contribution in [0.2, 0.25) is 0 Å². The second kappa shape index (κ2) is 11.2. The van der Waals surface area contributed by atoms with Gasteiger partial charge < -0.3 is 26.2 Å². The van der Waals surface area contributed by atoms with Crippen molar-refractivity contribution < 1.29 is 19.2 Å². The number of hydrogen-bond donors (Lipinski definition) is 4. The van der Waals surface area contributed by atoms with Crippen molar-refractivity contribution in [3.05, 3.63) is 35.4 Å². The lowest BCUT2D eigenvalue weighted by molar-refractivity contribution is -0.144. The molecule has 0 radical (unpaired) electrons. The van der Waals surface area contributed by atoms with Crippen LogP contribution in [0, 0.1) is 5.41 Å². The predicted molar refractivity (Wildman–Crippen MR) is 133 cm³/mol. The van der Waals surface area contributed by atoms with Gasteiger partial charge in [-0.1, -0.05) is 45.0 Å². The smallest absolute Gasteiger partial charge is 0.246 e. The van der Waals surface area contributed by atoms with Gasteiger partial charge in [0.15, 0.2) is 0 Å². The molecule has 5 atom stereocenters. The summed E-state index contributed by atoms with van der Waals surface area (Å²) in [4.78, 5) is 52.6. The maximum atomic E-state index is 13.8. The van der Waals surface area contributed by atoms with Gasteiger partial charge in [-0.05, 0) is 56.2 Å². The highest BCUT2D eigenvalue weighted by Gasteiger charge is 2.45. The number of hydrogen-bond acceptors (Lipinski definition) is 5. The van der Waals surface area contributed by atoms with Crippen LogP contribution < -0.4 is 21.3 Å². The van der Waals surface area contributed by atoms with Crippen molar-refractivity contribution in [3.63, 3.8) is 0 Å². The van der Waals surface area contributed by atoms with Crippen LogP contribution in [0.1, 0.15) is 64.1 Å². The van der Waals surface area contributed by atoms with E-state index in [0.717, 1.165) is 24.8 Å². The Morgan fingerprint density at radius 3 is 2.54 bits per heavy atom. The van der Waals surface area contributed by atoms with Crippen molar-refractivity contribution in [1.82, 2.24) is 26.2 Å².